The molecule has 262 valence electrons. The Kier molecular flexibility index (Phi) is 12.8. The minimum Gasteiger partial charge on any atom is -0.371 e. The molecule has 0 saturated heterocycles. The van der Waals surface area contributed by atoms with E-state index in [0.717, 1.165) is 5.56 Å². The first-order valence-electron chi connectivity index (χ1n) is 15.4. The first-order chi connectivity index (χ1) is 22.8. The largest absolute Gasteiger partial charge is 0.371 e. The SMILES string of the molecule is CC(=O)Nc1cc(N(CCCCS(=O)(=O)O)CCCCS(=O)(=O)O)ccc1N=Nc1c(C#N)c(C(C)(C)C)nn1-c1c(C)cccc1C#N. The summed E-state index contributed by atoms with van der Waals surface area (Å²) in [5, 5.41) is 36.4. The summed E-state index contributed by atoms with van der Waals surface area (Å²) >= 11 is 0. The van der Waals surface area contributed by atoms with Crippen LogP contribution in [0.25, 0.3) is 5.69 Å². The minimum absolute atomic E-state index is 0.0929. The van der Waals surface area contributed by atoms with Crippen LogP contribution in [0.4, 0.5) is 22.9 Å². The lowest BCUT2D eigenvalue weighted by Gasteiger charge is -2.26. The van der Waals surface area contributed by atoms with Crippen molar-refractivity contribution in [1.82, 2.24) is 9.78 Å². The number of rotatable bonds is 15. The molecule has 3 rings (SSSR count). The molecule has 0 atom stereocenters. The van der Waals surface area contributed by atoms with Crippen molar-refractivity contribution in [2.24, 2.45) is 10.2 Å². The molecule has 0 unspecified atom stereocenters. The number of aromatic nitrogens is 2. The zero-order valence-corrected chi connectivity index (χ0v) is 29.6. The van der Waals surface area contributed by atoms with E-state index in [2.05, 4.69) is 27.7 Å². The van der Waals surface area contributed by atoms with Gasteiger partial charge in [0.25, 0.3) is 20.2 Å². The third-order valence-electron chi connectivity index (χ3n) is 7.32. The highest BCUT2D eigenvalue weighted by Gasteiger charge is 2.29. The highest BCUT2D eigenvalue weighted by molar-refractivity contribution is 7.86. The van der Waals surface area contributed by atoms with Gasteiger partial charge in [-0.15, -0.1) is 10.2 Å². The zero-order chi connectivity index (χ0) is 36.6. The molecule has 0 aliphatic heterocycles. The number of aryl methyl sites for hydroxylation is 1. The molecule has 0 bridgehead atoms. The maximum atomic E-state index is 12.2. The molecule has 0 fully saturated rings. The molecular weight excluding hydrogens is 673 g/mol. The molecule has 0 aliphatic carbocycles. The summed E-state index contributed by atoms with van der Waals surface area (Å²) in [5.41, 5.74) is 2.64. The Hall–Kier alpha value is -4.68. The molecule has 0 spiro atoms. The summed E-state index contributed by atoms with van der Waals surface area (Å²) in [6.07, 6.45) is 1.08. The smallest absolute Gasteiger partial charge is 0.264 e. The van der Waals surface area contributed by atoms with Crippen LogP contribution < -0.4 is 10.2 Å². The van der Waals surface area contributed by atoms with E-state index in [-0.39, 0.29) is 35.6 Å². The molecule has 49 heavy (non-hydrogen) atoms. The number of hydrogen-bond acceptors (Lipinski definition) is 11. The molecule has 17 heteroatoms. The second kappa shape index (κ2) is 16.1. The maximum absolute atomic E-state index is 12.2. The van der Waals surface area contributed by atoms with Gasteiger partial charge in [0, 0.05) is 31.1 Å². The summed E-state index contributed by atoms with van der Waals surface area (Å²) in [6.45, 7) is 9.49. The zero-order valence-electron chi connectivity index (χ0n) is 28.0. The first kappa shape index (κ1) is 38.8. The molecular formula is C32H40N8O7S2. The van der Waals surface area contributed by atoms with Gasteiger partial charge >= 0.3 is 0 Å². The van der Waals surface area contributed by atoms with E-state index in [1.807, 2.05) is 38.7 Å². The molecule has 1 aromatic heterocycles. The van der Waals surface area contributed by atoms with Gasteiger partial charge in [-0.05, 0) is 62.4 Å². The normalized spacial score (nSPS) is 12.1. The lowest BCUT2D eigenvalue weighted by molar-refractivity contribution is -0.114. The number of amides is 1. The molecule has 1 heterocycles. The molecule has 2 aromatic carbocycles. The van der Waals surface area contributed by atoms with Gasteiger partial charge in [-0.2, -0.15) is 32.5 Å². The van der Waals surface area contributed by atoms with Gasteiger partial charge in [0.05, 0.1) is 34.1 Å². The summed E-state index contributed by atoms with van der Waals surface area (Å²) < 4.78 is 64.5. The third-order valence-corrected chi connectivity index (χ3v) is 8.93. The number of para-hydroxylation sites is 1. The Labute approximate surface area is 286 Å². The Balaban J connectivity index is 2.10. The van der Waals surface area contributed by atoms with Crippen LogP contribution in [0, 0.1) is 29.6 Å². The Morgan fingerprint density at radius 3 is 2.08 bits per heavy atom. The number of nitriles is 2. The van der Waals surface area contributed by atoms with E-state index in [4.69, 9.17) is 14.2 Å². The number of unbranched alkanes of at least 4 members (excludes halogenated alkanes) is 2. The fourth-order valence-electron chi connectivity index (χ4n) is 5.06. The van der Waals surface area contributed by atoms with Crippen LogP contribution in [-0.2, 0) is 30.4 Å². The number of anilines is 2. The number of nitrogens with zero attached hydrogens (tertiary/aromatic N) is 7. The van der Waals surface area contributed by atoms with Crippen LogP contribution in [0.5, 0.6) is 0 Å². The van der Waals surface area contributed by atoms with Gasteiger partial charge in [0.1, 0.15) is 23.4 Å². The van der Waals surface area contributed by atoms with Gasteiger partial charge in [-0.1, -0.05) is 32.9 Å². The maximum Gasteiger partial charge on any atom is 0.264 e. The van der Waals surface area contributed by atoms with E-state index in [9.17, 15) is 32.2 Å². The molecule has 15 nitrogen and oxygen atoms in total. The Bertz CT molecular complexity index is 1980. The van der Waals surface area contributed by atoms with Gasteiger partial charge in [-0.25, -0.2) is 4.68 Å². The number of carbonyl (C=O) groups is 1. The van der Waals surface area contributed by atoms with Crippen LogP contribution in [-0.4, -0.2) is 66.2 Å². The summed E-state index contributed by atoms with van der Waals surface area (Å²) in [7, 11) is -8.29. The van der Waals surface area contributed by atoms with E-state index in [1.54, 1.807) is 30.3 Å². The lowest BCUT2D eigenvalue weighted by Crippen LogP contribution is -2.26. The molecule has 3 N–H and O–H groups in total. The number of nitrogens with one attached hydrogen (secondary N) is 1. The van der Waals surface area contributed by atoms with Crippen molar-refractivity contribution in [3.05, 3.63) is 58.8 Å². The average Bonchev–Trinajstić information content (AvgIpc) is 3.36. The Morgan fingerprint density at radius 1 is 0.959 bits per heavy atom. The van der Waals surface area contributed by atoms with E-state index < -0.39 is 43.1 Å². The van der Waals surface area contributed by atoms with Crippen molar-refractivity contribution in [2.45, 2.75) is 65.7 Å². The van der Waals surface area contributed by atoms with Crippen LogP contribution in [0.15, 0.2) is 46.6 Å². The van der Waals surface area contributed by atoms with Crippen molar-refractivity contribution < 1.29 is 30.7 Å². The fourth-order valence-corrected chi connectivity index (χ4v) is 6.20. The number of hydrogen-bond donors (Lipinski definition) is 3. The second-order valence-electron chi connectivity index (χ2n) is 12.5. The molecule has 1 amide bonds. The van der Waals surface area contributed by atoms with Crippen LogP contribution in [0.3, 0.4) is 0 Å². The second-order valence-corrected chi connectivity index (χ2v) is 15.6. The summed E-state index contributed by atoms with van der Waals surface area (Å²) in [6, 6.07) is 14.5. The quantitative estimate of drug-likeness (QED) is 0.0977. The predicted octanol–water partition coefficient (Wildman–Crippen LogP) is 5.74. The highest BCUT2D eigenvalue weighted by Crippen LogP contribution is 2.37. The van der Waals surface area contributed by atoms with Crippen molar-refractivity contribution in [2.75, 3.05) is 34.8 Å². The van der Waals surface area contributed by atoms with Gasteiger partial charge in [0.2, 0.25) is 5.91 Å². The average molecular weight is 713 g/mol. The van der Waals surface area contributed by atoms with Crippen LogP contribution >= 0.6 is 0 Å². The van der Waals surface area contributed by atoms with Crippen molar-refractivity contribution in [1.29, 1.82) is 10.5 Å². The van der Waals surface area contributed by atoms with E-state index >= 15 is 0 Å². The third kappa shape index (κ3) is 11.2. The molecule has 0 saturated carbocycles. The Morgan fingerprint density at radius 2 is 1.57 bits per heavy atom. The van der Waals surface area contributed by atoms with Gasteiger partial charge in [0.15, 0.2) is 5.82 Å². The predicted molar refractivity (Wildman–Crippen MR) is 185 cm³/mol. The number of carbonyl (C=O) groups excluding carboxylic acids is 1. The van der Waals surface area contributed by atoms with Gasteiger partial charge < -0.3 is 10.2 Å². The van der Waals surface area contributed by atoms with Crippen molar-refractivity contribution >= 4 is 49.0 Å². The fraction of sp³-hybridized carbons (Fsp3) is 0.438. The number of azo groups is 1. The molecule has 0 radical (unpaired) electrons. The van der Waals surface area contributed by atoms with Crippen molar-refractivity contribution in [3.63, 3.8) is 0 Å². The van der Waals surface area contributed by atoms with Crippen LogP contribution in [0.2, 0.25) is 0 Å². The monoisotopic (exact) mass is 712 g/mol. The van der Waals surface area contributed by atoms with Crippen LogP contribution in [0.1, 0.15) is 75.8 Å². The molecule has 0 aliphatic rings. The highest BCUT2D eigenvalue weighted by atomic mass is 32.2. The standard InChI is InChI=1S/C32H40N8O7S2/c1-22-11-10-12-24(20-33)29(22)40-31(26(21-34)30(38-40)32(3,4)5)37-36-27-14-13-25(19-28(27)35-23(2)41)39(15-6-8-17-48(42,43)44)16-7-9-18-49(45,46)47/h10-14,19H,6-9,15-18H2,1-5H3,(H,35,41)(H,42,43,44)(H,45,46,47). The molecule has 3 aromatic rings. The van der Waals surface area contributed by atoms with Crippen molar-refractivity contribution in [3.8, 4) is 17.8 Å². The topological polar surface area (TPSA) is 231 Å². The first-order valence-corrected chi connectivity index (χ1v) is 18.6. The van der Waals surface area contributed by atoms with E-state index in [0.29, 0.717) is 48.6 Å². The number of benzene rings is 2. The lowest BCUT2D eigenvalue weighted by atomic mass is 9.90. The summed E-state index contributed by atoms with van der Waals surface area (Å²) in [4.78, 5) is 14.1. The summed E-state index contributed by atoms with van der Waals surface area (Å²) in [5.74, 6) is -1.15. The van der Waals surface area contributed by atoms with E-state index in [1.165, 1.54) is 11.6 Å². The van der Waals surface area contributed by atoms with Gasteiger partial charge in [-0.3, -0.25) is 13.9 Å². The minimum atomic E-state index is -4.14.